The van der Waals surface area contributed by atoms with Gasteiger partial charge in [0.2, 0.25) is 15.9 Å². The van der Waals surface area contributed by atoms with E-state index in [0.29, 0.717) is 30.0 Å². The summed E-state index contributed by atoms with van der Waals surface area (Å²) in [6.45, 7) is 0.149. The first-order valence-electron chi connectivity index (χ1n) is 8.67. The molecule has 0 radical (unpaired) electrons. The number of hydrogen-bond acceptors (Lipinski definition) is 5. The highest BCUT2D eigenvalue weighted by Gasteiger charge is 2.40. The average Bonchev–Trinajstić information content (AvgIpc) is 3.18. The van der Waals surface area contributed by atoms with Crippen LogP contribution in [0.2, 0.25) is 0 Å². The van der Waals surface area contributed by atoms with Gasteiger partial charge in [-0.3, -0.25) is 4.79 Å². The van der Waals surface area contributed by atoms with Gasteiger partial charge in [-0.2, -0.15) is 4.31 Å². The van der Waals surface area contributed by atoms with Gasteiger partial charge >= 0.3 is 0 Å². The van der Waals surface area contributed by atoms with Crippen molar-refractivity contribution in [3.63, 3.8) is 0 Å². The minimum atomic E-state index is -4.13. The molecule has 1 aliphatic rings. The molecule has 0 bridgehead atoms. The Hall–Kier alpha value is -2.65. The van der Waals surface area contributed by atoms with Crippen LogP contribution in [0.15, 0.2) is 47.4 Å². The Morgan fingerprint density at radius 1 is 1.14 bits per heavy atom. The second-order valence-corrected chi connectivity index (χ2v) is 8.15. The molecule has 0 aliphatic carbocycles. The molecule has 1 aliphatic heterocycles. The third-order valence-corrected chi connectivity index (χ3v) is 6.49. The van der Waals surface area contributed by atoms with Crippen molar-refractivity contribution >= 4 is 21.6 Å². The maximum atomic E-state index is 14.0. The summed E-state index contributed by atoms with van der Waals surface area (Å²) in [5, 5.41) is 2.70. The molecule has 3 rings (SSSR count). The van der Waals surface area contributed by atoms with Crippen LogP contribution in [0, 0.1) is 5.82 Å². The number of carbonyl (C=O) groups is 1. The lowest BCUT2D eigenvalue weighted by Crippen LogP contribution is -2.43. The summed E-state index contributed by atoms with van der Waals surface area (Å²) in [7, 11) is -1.16. The van der Waals surface area contributed by atoms with Crippen LogP contribution in [-0.4, -0.2) is 45.4 Å². The van der Waals surface area contributed by atoms with Gasteiger partial charge in [-0.25, -0.2) is 12.8 Å². The van der Waals surface area contributed by atoms with E-state index in [-0.39, 0.29) is 6.54 Å². The number of amides is 1. The maximum absolute atomic E-state index is 14.0. The Morgan fingerprint density at radius 3 is 2.39 bits per heavy atom. The average molecular weight is 408 g/mol. The third kappa shape index (κ3) is 3.95. The molecule has 28 heavy (non-hydrogen) atoms. The zero-order valence-corrected chi connectivity index (χ0v) is 16.3. The molecule has 1 amide bonds. The number of anilines is 1. The molecule has 0 aromatic heterocycles. The number of sulfonamides is 1. The van der Waals surface area contributed by atoms with Crippen molar-refractivity contribution in [2.75, 3.05) is 26.1 Å². The quantitative estimate of drug-likeness (QED) is 0.794. The van der Waals surface area contributed by atoms with Crippen LogP contribution < -0.4 is 14.8 Å². The smallest absolute Gasteiger partial charge is 0.246 e. The fourth-order valence-corrected chi connectivity index (χ4v) is 4.90. The highest BCUT2D eigenvalue weighted by molar-refractivity contribution is 7.89. The van der Waals surface area contributed by atoms with Crippen LogP contribution >= 0.6 is 0 Å². The van der Waals surface area contributed by atoms with E-state index in [4.69, 9.17) is 9.47 Å². The summed E-state index contributed by atoms with van der Waals surface area (Å²) in [5.74, 6) is -0.368. The molecule has 1 atom stereocenters. The lowest BCUT2D eigenvalue weighted by molar-refractivity contribution is -0.119. The van der Waals surface area contributed by atoms with E-state index in [1.54, 1.807) is 18.2 Å². The van der Waals surface area contributed by atoms with Gasteiger partial charge < -0.3 is 14.8 Å². The van der Waals surface area contributed by atoms with E-state index in [9.17, 15) is 17.6 Å². The van der Waals surface area contributed by atoms with Crippen LogP contribution in [0.3, 0.4) is 0 Å². The Kier molecular flexibility index (Phi) is 5.85. The summed E-state index contributed by atoms with van der Waals surface area (Å²) in [6.07, 6.45) is 0.855. The van der Waals surface area contributed by atoms with Crippen molar-refractivity contribution in [3.05, 3.63) is 48.3 Å². The van der Waals surface area contributed by atoms with Gasteiger partial charge in [0.05, 0.1) is 14.2 Å². The van der Waals surface area contributed by atoms with E-state index in [2.05, 4.69) is 5.32 Å². The Balaban J connectivity index is 1.85. The van der Waals surface area contributed by atoms with E-state index in [1.807, 2.05) is 0 Å². The van der Waals surface area contributed by atoms with Crippen LogP contribution in [0.4, 0.5) is 10.1 Å². The molecule has 0 spiro atoms. The monoisotopic (exact) mass is 408 g/mol. The molecule has 1 heterocycles. The third-order valence-electron chi connectivity index (χ3n) is 4.55. The summed E-state index contributed by atoms with van der Waals surface area (Å²) in [5.41, 5.74) is 0.413. The van der Waals surface area contributed by atoms with Crippen molar-refractivity contribution in [1.82, 2.24) is 4.31 Å². The van der Waals surface area contributed by atoms with E-state index in [1.165, 1.54) is 32.4 Å². The number of rotatable bonds is 6. The topological polar surface area (TPSA) is 84.9 Å². The van der Waals surface area contributed by atoms with E-state index >= 15 is 0 Å². The van der Waals surface area contributed by atoms with Gasteiger partial charge in [0, 0.05) is 30.4 Å². The minimum Gasteiger partial charge on any atom is -0.497 e. The van der Waals surface area contributed by atoms with Crippen molar-refractivity contribution < 1.29 is 27.1 Å². The molecule has 9 heteroatoms. The van der Waals surface area contributed by atoms with Gasteiger partial charge in [0.1, 0.15) is 28.3 Å². The van der Waals surface area contributed by atoms with E-state index in [0.717, 1.165) is 10.4 Å². The predicted octanol–water partition coefficient (Wildman–Crippen LogP) is 2.63. The van der Waals surface area contributed by atoms with E-state index < -0.39 is 32.7 Å². The summed E-state index contributed by atoms with van der Waals surface area (Å²) in [6, 6.07) is 9.08. The summed E-state index contributed by atoms with van der Waals surface area (Å²) >= 11 is 0. The normalized spacial score (nSPS) is 17.3. The molecule has 2 aromatic rings. The minimum absolute atomic E-state index is 0.149. The van der Waals surface area contributed by atoms with Crippen molar-refractivity contribution in [2.24, 2.45) is 0 Å². The molecule has 1 saturated heterocycles. The molecule has 2 aromatic carbocycles. The lowest BCUT2D eigenvalue weighted by atomic mass is 10.2. The van der Waals surface area contributed by atoms with Crippen molar-refractivity contribution in [2.45, 2.75) is 23.8 Å². The standard InChI is InChI=1S/C19H21FN2O5S/c1-26-14-10-13(11-15(12-14)27-2)21-19(23)17-7-5-9-22(17)28(24,25)18-8-4-3-6-16(18)20/h3-4,6,8,10-12,17H,5,7,9H2,1-2H3,(H,21,23). The molecular formula is C19H21FN2O5S. The zero-order chi connectivity index (χ0) is 20.3. The first-order chi connectivity index (χ1) is 13.4. The molecule has 1 fully saturated rings. The van der Waals surface area contributed by atoms with Crippen LogP contribution in [0.1, 0.15) is 12.8 Å². The van der Waals surface area contributed by atoms with Crippen LogP contribution in [-0.2, 0) is 14.8 Å². The summed E-state index contributed by atoms with van der Waals surface area (Å²) in [4.78, 5) is 12.4. The zero-order valence-electron chi connectivity index (χ0n) is 15.5. The number of benzene rings is 2. The fraction of sp³-hybridized carbons (Fsp3) is 0.316. The molecule has 0 saturated carbocycles. The molecular weight excluding hydrogens is 387 g/mol. The Morgan fingerprint density at radius 2 is 1.79 bits per heavy atom. The first kappa shape index (κ1) is 20.1. The predicted molar refractivity (Wildman–Crippen MR) is 101 cm³/mol. The first-order valence-corrected chi connectivity index (χ1v) is 10.1. The van der Waals surface area contributed by atoms with Gasteiger partial charge in [-0.05, 0) is 25.0 Å². The van der Waals surface area contributed by atoms with Crippen LogP contribution in [0.25, 0.3) is 0 Å². The number of nitrogens with zero attached hydrogens (tertiary/aromatic N) is 1. The van der Waals surface area contributed by atoms with Gasteiger partial charge in [0.15, 0.2) is 0 Å². The van der Waals surface area contributed by atoms with Crippen molar-refractivity contribution in [1.29, 1.82) is 0 Å². The Bertz CT molecular complexity index is 958. The molecule has 1 N–H and O–H groups in total. The number of nitrogens with one attached hydrogen (secondary N) is 1. The highest BCUT2D eigenvalue weighted by Crippen LogP contribution is 2.30. The SMILES string of the molecule is COc1cc(NC(=O)C2CCCN2S(=O)(=O)c2ccccc2F)cc(OC)c1. The lowest BCUT2D eigenvalue weighted by Gasteiger charge is -2.23. The number of methoxy groups -OCH3 is 2. The van der Waals surface area contributed by atoms with Crippen LogP contribution in [0.5, 0.6) is 11.5 Å². The van der Waals surface area contributed by atoms with Gasteiger partial charge in [0.25, 0.3) is 0 Å². The fourth-order valence-electron chi connectivity index (χ4n) is 3.18. The number of hydrogen-bond donors (Lipinski definition) is 1. The maximum Gasteiger partial charge on any atom is 0.246 e. The van der Waals surface area contributed by atoms with Gasteiger partial charge in [-0.1, -0.05) is 12.1 Å². The second-order valence-electron chi connectivity index (χ2n) is 6.29. The number of halogens is 1. The molecule has 150 valence electrons. The number of carbonyl (C=O) groups excluding carboxylic acids is 1. The van der Waals surface area contributed by atoms with Crippen molar-refractivity contribution in [3.8, 4) is 11.5 Å². The second kappa shape index (κ2) is 8.15. The van der Waals surface area contributed by atoms with Gasteiger partial charge in [-0.15, -0.1) is 0 Å². The number of ether oxygens (including phenoxy) is 2. The summed E-state index contributed by atoms with van der Waals surface area (Å²) < 4.78 is 51.2. The molecule has 1 unspecified atom stereocenters. The largest absolute Gasteiger partial charge is 0.497 e. The highest BCUT2D eigenvalue weighted by atomic mass is 32.2. The Labute approximate surface area is 163 Å². The molecule has 7 nitrogen and oxygen atoms in total.